The van der Waals surface area contributed by atoms with Crippen molar-refractivity contribution in [2.75, 3.05) is 31.3 Å². The molecule has 21 heavy (non-hydrogen) atoms. The van der Waals surface area contributed by atoms with Gasteiger partial charge in [0.2, 0.25) is 5.75 Å². The minimum absolute atomic E-state index is 0.455. The van der Waals surface area contributed by atoms with Crippen molar-refractivity contribution < 1.29 is 13.5 Å². The van der Waals surface area contributed by atoms with Crippen LogP contribution in [0.1, 0.15) is 5.56 Å². The van der Waals surface area contributed by atoms with Crippen LogP contribution < -0.4 is 15.4 Å². The van der Waals surface area contributed by atoms with Crippen LogP contribution in [-0.4, -0.2) is 30.7 Å². The average molecular weight is 294 g/mol. The van der Waals surface area contributed by atoms with Gasteiger partial charge in [0.05, 0.1) is 7.11 Å². The van der Waals surface area contributed by atoms with E-state index in [1.165, 1.54) is 25.6 Å². The van der Waals surface area contributed by atoms with Crippen molar-refractivity contribution in [1.82, 2.24) is 9.97 Å². The molecule has 0 spiro atoms. The lowest BCUT2D eigenvalue weighted by atomic mass is 10.1. The van der Waals surface area contributed by atoms with Crippen LogP contribution in [-0.2, 0) is 6.42 Å². The largest absolute Gasteiger partial charge is 0.490 e. The maximum atomic E-state index is 13.1. The van der Waals surface area contributed by atoms with Gasteiger partial charge in [0.1, 0.15) is 18.0 Å². The van der Waals surface area contributed by atoms with Gasteiger partial charge in [-0.2, -0.15) is 0 Å². The first-order valence-electron chi connectivity index (χ1n) is 6.39. The van der Waals surface area contributed by atoms with Gasteiger partial charge in [-0.25, -0.2) is 18.7 Å². The Hall–Kier alpha value is -2.44. The molecule has 0 fully saturated rings. The zero-order valence-corrected chi connectivity index (χ0v) is 11.8. The fourth-order valence-corrected chi connectivity index (χ4v) is 1.95. The van der Waals surface area contributed by atoms with Gasteiger partial charge in [-0.15, -0.1) is 0 Å². The second kappa shape index (κ2) is 6.83. The normalized spacial score (nSPS) is 10.3. The SMILES string of the molecule is CNc1ncnc(NCCc2cc(F)cc(F)c2)c1OC. The van der Waals surface area contributed by atoms with Crippen molar-refractivity contribution in [3.8, 4) is 5.75 Å². The highest BCUT2D eigenvalue weighted by molar-refractivity contribution is 5.63. The Morgan fingerprint density at radius 3 is 2.38 bits per heavy atom. The van der Waals surface area contributed by atoms with E-state index in [2.05, 4.69) is 20.6 Å². The maximum absolute atomic E-state index is 13.1. The third kappa shape index (κ3) is 3.77. The molecule has 1 aromatic carbocycles. The quantitative estimate of drug-likeness (QED) is 0.857. The van der Waals surface area contributed by atoms with Gasteiger partial charge in [-0.3, -0.25) is 0 Å². The van der Waals surface area contributed by atoms with Gasteiger partial charge in [-0.05, 0) is 24.1 Å². The number of methoxy groups -OCH3 is 1. The highest BCUT2D eigenvalue weighted by atomic mass is 19.1. The molecule has 5 nitrogen and oxygen atoms in total. The molecule has 1 heterocycles. The van der Waals surface area contributed by atoms with Gasteiger partial charge >= 0.3 is 0 Å². The minimum Gasteiger partial charge on any atom is -0.490 e. The van der Waals surface area contributed by atoms with Crippen LogP contribution in [0.3, 0.4) is 0 Å². The van der Waals surface area contributed by atoms with Crippen LogP contribution in [0, 0.1) is 11.6 Å². The van der Waals surface area contributed by atoms with Crippen LogP contribution in [0.15, 0.2) is 24.5 Å². The molecular weight excluding hydrogens is 278 g/mol. The molecule has 0 radical (unpaired) electrons. The number of nitrogens with one attached hydrogen (secondary N) is 2. The molecule has 0 bridgehead atoms. The number of anilines is 2. The van der Waals surface area contributed by atoms with E-state index in [0.29, 0.717) is 35.9 Å². The first-order chi connectivity index (χ1) is 10.1. The third-order valence-corrected chi connectivity index (χ3v) is 2.87. The lowest BCUT2D eigenvalue weighted by Crippen LogP contribution is -2.09. The summed E-state index contributed by atoms with van der Waals surface area (Å²) in [5.41, 5.74) is 0.571. The number of nitrogens with zero attached hydrogens (tertiary/aromatic N) is 2. The molecule has 0 unspecified atom stereocenters. The molecule has 0 atom stereocenters. The van der Waals surface area contributed by atoms with Crippen molar-refractivity contribution in [3.63, 3.8) is 0 Å². The molecule has 0 aliphatic rings. The van der Waals surface area contributed by atoms with Crippen molar-refractivity contribution in [2.45, 2.75) is 6.42 Å². The van der Waals surface area contributed by atoms with Gasteiger partial charge < -0.3 is 15.4 Å². The summed E-state index contributed by atoms with van der Waals surface area (Å²) in [5, 5.41) is 5.96. The second-order valence-electron chi connectivity index (χ2n) is 4.31. The third-order valence-electron chi connectivity index (χ3n) is 2.87. The fraction of sp³-hybridized carbons (Fsp3) is 0.286. The summed E-state index contributed by atoms with van der Waals surface area (Å²) < 4.78 is 31.4. The Balaban J connectivity index is 2.03. The number of benzene rings is 1. The molecule has 2 aromatic rings. The van der Waals surface area contributed by atoms with E-state index in [0.717, 1.165) is 6.07 Å². The van der Waals surface area contributed by atoms with Crippen LogP contribution in [0.5, 0.6) is 5.75 Å². The first-order valence-corrected chi connectivity index (χ1v) is 6.39. The number of hydrogen-bond acceptors (Lipinski definition) is 5. The number of ether oxygens (including phenoxy) is 1. The van der Waals surface area contributed by atoms with E-state index in [1.54, 1.807) is 7.05 Å². The topological polar surface area (TPSA) is 59.1 Å². The predicted octanol–water partition coefficient (Wildman–Crippen LogP) is 2.46. The van der Waals surface area contributed by atoms with Crippen LogP contribution >= 0.6 is 0 Å². The van der Waals surface area contributed by atoms with Crippen molar-refractivity contribution in [2.24, 2.45) is 0 Å². The molecule has 2 rings (SSSR count). The molecule has 7 heteroatoms. The zero-order chi connectivity index (χ0) is 15.2. The highest BCUT2D eigenvalue weighted by Crippen LogP contribution is 2.28. The first kappa shape index (κ1) is 15.0. The molecular formula is C14H16F2N4O. The van der Waals surface area contributed by atoms with Crippen molar-refractivity contribution in [1.29, 1.82) is 0 Å². The number of hydrogen-bond donors (Lipinski definition) is 2. The van der Waals surface area contributed by atoms with E-state index in [4.69, 9.17) is 4.74 Å². The number of halogens is 2. The smallest absolute Gasteiger partial charge is 0.204 e. The lowest BCUT2D eigenvalue weighted by Gasteiger charge is -2.12. The monoisotopic (exact) mass is 294 g/mol. The summed E-state index contributed by atoms with van der Waals surface area (Å²) in [6.45, 7) is 0.458. The average Bonchev–Trinajstić information content (AvgIpc) is 2.45. The Bertz CT molecular complexity index is 602. The molecule has 0 aliphatic heterocycles. The number of aromatic nitrogens is 2. The number of rotatable bonds is 6. The lowest BCUT2D eigenvalue weighted by molar-refractivity contribution is 0.415. The van der Waals surface area contributed by atoms with E-state index in [9.17, 15) is 8.78 Å². The summed E-state index contributed by atoms with van der Waals surface area (Å²) in [6.07, 6.45) is 1.86. The molecule has 0 saturated carbocycles. The van der Waals surface area contributed by atoms with E-state index >= 15 is 0 Å². The second-order valence-corrected chi connectivity index (χ2v) is 4.31. The Kier molecular flexibility index (Phi) is 4.86. The summed E-state index contributed by atoms with van der Waals surface area (Å²) in [5.74, 6) is 0.412. The standard InChI is InChI=1S/C14H16F2N4O/c1-17-13-12(21-2)14(20-8-19-13)18-4-3-9-5-10(15)7-11(16)6-9/h5-8H,3-4H2,1-2H3,(H2,17,18,19,20). The van der Waals surface area contributed by atoms with Crippen LogP contribution in [0.4, 0.5) is 20.4 Å². The van der Waals surface area contributed by atoms with Crippen molar-refractivity contribution >= 4 is 11.6 Å². The molecule has 112 valence electrons. The van der Waals surface area contributed by atoms with Crippen LogP contribution in [0.25, 0.3) is 0 Å². The Morgan fingerprint density at radius 1 is 1.10 bits per heavy atom. The molecule has 2 N–H and O–H groups in total. The molecule has 0 saturated heterocycles. The Labute approximate surface area is 121 Å². The summed E-state index contributed by atoms with van der Waals surface area (Å²) in [4.78, 5) is 8.12. The van der Waals surface area contributed by atoms with Gasteiger partial charge in [0.25, 0.3) is 0 Å². The predicted molar refractivity (Wildman–Crippen MR) is 76.7 cm³/mol. The van der Waals surface area contributed by atoms with Crippen LogP contribution in [0.2, 0.25) is 0 Å². The van der Waals surface area contributed by atoms with Gasteiger partial charge in [0.15, 0.2) is 11.6 Å². The minimum atomic E-state index is -0.581. The van der Waals surface area contributed by atoms with E-state index in [1.807, 2.05) is 0 Å². The molecule has 0 aliphatic carbocycles. The van der Waals surface area contributed by atoms with E-state index in [-0.39, 0.29) is 0 Å². The molecule has 1 aromatic heterocycles. The Morgan fingerprint density at radius 2 is 1.76 bits per heavy atom. The van der Waals surface area contributed by atoms with Gasteiger partial charge in [0, 0.05) is 19.7 Å². The highest BCUT2D eigenvalue weighted by Gasteiger charge is 2.10. The summed E-state index contributed by atoms with van der Waals surface area (Å²) in [6, 6.07) is 3.46. The van der Waals surface area contributed by atoms with Crippen molar-refractivity contribution in [3.05, 3.63) is 41.7 Å². The van der Waals surface area contributed by atoms with Gasteiger partial charge in [-0.1, -0.05) is 0 Å². The summed E-state index contributed by atoms with van der Waals surface area (Å²) in [7, 11) is 3.25. The summed E-state index contributed by atoms with van der Waals surface area (Å²) >= 11 is 0. The maximum Gasteiger partial charge on any atom is 0.204 e. The fourth-order valence-electron chi connectivity index (χ4n) is 1.95. The zero-order valence-electron chi connectivity index (χ0n) is 11.8. The van der Waals surface area contributed by atoms with E-state index < -0.39 is 11.6 Å². The molecule has 0 amide bonds.